The molecular weight excluding hydrogens is 268 g/mol. The molecule has 0 spiro atoms. The van der Waals surface area contributed by atoms with Crippen LogP contribution in [0.2, 0.25) is 0 Å². The zero-order valence-electron chi connectivity index (χ0n) is 8.81. The highest BCUT2D eigenvalue weighted by Gasteiger charge is 2.22. The smallest absolute Gasteiger partial charge is 0.258 e. The van der Waals surface area contributed by atoms with Crippen LogP contribution in [0.3, 0.4) is 0 Å². The first-order chi connectivity index (χ1) is 8.52. The van der Waals surface area contributed by atoms with Gasteiger partial charge < -0.3 is 0 Å². The van der Waals surface area contributed by atoms with Gasteiger partial charge in [0.05, 0.1) is 22.6 Å². The molecule has 8 heteroatoms. The van der Waals surface area contributed by atoms with Crippen molar-refractivity contribution < 1.29 is 13.7 Å². The molecule has 0 saturated heterocycles. The highest BCUT2D eigenvalue weighted by atomic mass is 35.5. The van der Waals surface area contributed by atoms with Crippen molar-refractivity contribution in [1.82, 2.24) is 9.78 Å². The van der Waals surface area contributed by atoms with Crippen LogP contribution in [0.15, 0.2) is 24.4 Å². The summed E-state index contributed by atoms with van der Waals surface area (Å²) >= 11 is 5.53. The summed E-state index contributed by atoms with van der Waals surface area (Å²) in [7, 11) is 0. The molecule has 0 N–H and O–H groups in total. The molecule has 18 heavy (non-hydrogen) atoms. The second kappa shape index (κ2) is 4.69. The molecule has 5 nitrogen and oxygen atoms in total. The molecule has 1 aromatic heterocycles. The lowest BCUT2D eigenvalue weighted by atomic mass is 10.2. The third kappa shape index (κ3) is 2.17. The number of halogens is 3. The number of benzene rings is 1. The average molecular weight is 274 g/mol. The fourth-order valence-corrected chi connectivity index (χ4v) is 1.62. The first kappa shape index (κ1) is 12.4. The fraction of sp³-hybridized carbons (Fsp3) is 0.100. The number of hydrogen-bond acceptors (Lipinski definition) is 3. The Morgan fingerprint density at radius 2 is 2.17 bits per heavy atom. The normalized spacial score (nSPS) is 10.6. The molecule has 0 saturated carbocycles. The van der Waals surface area contributed by atoms with E-state index in [1.807, 2.05) is 0 Å². The van der Waals surface area contributed by atoms with Crippen molar-refractivity contribution >= 4 is 17.3 Å². The Morgan fingerprint density at radius 1 is 1.44 bits per heavy atom. The largest absolute Gasteiger partial charge is 0.300 e. The van der Waals surface area contributed by atoms with Crippen molar-refractivity contribution in [2.24, 2.45) is 0 Å². The standard InChI is InChI=1S/C10H6ClF2N3O2/c11-5-7-1-2-15(14-7)10-8(13)3-6(12)4-9(10)16(17)18/h1-4H,5H2. The number of nitrogens with zero attached hydrogens (tertiary/aromatic N) is 3. The molecule has 2 aromatic rings. The molecule has 0 radical (unpaired) electrons. The molecule has 1 aromatic carbocycles. The zero-order chi connectivity index (χ0) is 13.3. The Bertz CT molecular complexity index is 615. The number of rotatable bonds is 3. The SMILES string of the molecule is O=[N+]([O-])c1cc(F)cc(F)c1-n1ccc(CCl)n1. The molecule has 0 aliphatic heterocycles. The van der Waals surface area contributed by atoms with Crippen molar-refractivity contribution in [3.05, 3.63) is 51.8 Å². The maximum Gasteiger partial charge on any atom is 0.300 e. The molecule has 1 heterocycles. The molecule has 0 fully saturated rings. The van der Waals surface area contributed by atoms with Gasteiger partial charge in [-0.25, -0.2) is 13.5 Å². The lowest BCUT2D eigenvalue weighted by molar-refractivity contribution is -0.385. The fourth-order valence-electron chi connectivity index (χ4n) is 1.48. The Balaban J connectivity index is 2.65. The number of aromatic nitrogens is 2. The van der Waals surface area contributed by atoms with E-state index in [2.05, 4.69) is 5.10 Å². The van der Waals surface area contributed by atoms with Gasteiger partial charge in [-0.1, -0.05) is 0 Å². The van der Waals surface area contributed by atoms with Crippen LogP contribution in [0.4, 0.5) is 14.5 Å². The van der Waals surface area contributed by atoms with Gasteiger partial charge in [0.1, 0.15) is 5.82 Å². The highest BCUT2D eigenvalue weighted by Crippen LogP contribution is 2.26. The van der Waals surface area contributed by atoms with Crippen LogP contribution >= 0.6 is 11.6 Å². The highest BCUT2D eigenvalue weighted by molar-refractivity contribution is 6.16. The van der Waals surface area contributed by atoms with Crippen LogP contribution in [0.1, 0.15) is 5.69 Å². The summed E-state index contributed by atoms with van der Waals surface area (Å²) in [5.41, 5.74) is -0.691. The number of alkyl halides is 1. The first-order valence-electron chi connectivity index (χ1n) is 4.77. The molecule has 0 atom stereocenters. The van der Waals surface area contributed by atoms with Gasteiger partial charge in [0.25, 0.3) is 0 Å². The van der Waals surface area contributed by atoms with Crippen LogP contribution in [0, 0.1) is 21.7 Å². The van der Waals surface area contributed by atoms with Gasteiger partial charge in [0.15, 0.2) is 11.5 Å². The van der Waals surface area contributed by atoms with Gasteiger partial charge >= 0.3 is 5.69 Å². The van der Waals surface area contributed by atoms with Gasteiger partial charge in [-0.3, -0.25) is 10.1 Å². The molecule has 94 valence electrons. The van der Waals surface area contributed by atoms with E-state index in [0.717, 1.165) is 4.68 Å². The molecule has 0 unspecified atom stereocenters. The van der Waals surface area contributed by atoms with Crippen molar-refractivity contribution in [2.45, 2.75) is 5.88 Å². The van der Waals surface area contributed by atoms with E-state index in [9.17, 15) is 18.9 Å². The van der Waals surface area contributed by atoms with E-state index in [4.69, 9.17) is 11.6 Å². The summed E-state index contributed by atoms with van der Waals surface area (Å²) in [5.74, 6) is -2.00. The Kier molecular flexibility index (Phi) is 3.24. The van der Waals surface area contributed by atoms with Gasteiger partial charge in [0, 0.05) is 12.3 Å². The second-order valence-electron chi connectivity index (χ2n) is 3.40. The van der Waals surface area contributed by atoms with E-state index in [0.29, 0.717) is 17.8 Å². The van der Waals surface area contributed by atoms with Crippen LogP contribution in [-0.2, 0) is 5.88 Å². The lowest BCUT2D eigenvalue weighted by Crippen LogP contribution is -2.05. The molecule has 0 aliphatic rings. The van der Waals surface area contributed by atoms with Crippen LogP contribution in [-0.4, -0.2) is 14.7 Å². The minimum Gasteiger partial charge on any atom is -0.258 e. The summed E-state index contributed by atoms with van der Waals surface area (Å²) in [6, 6.07) is 2.68. The topological polar surface area (TPSA) is 61.0 Å². The molecule has 0 amide bonds. The average Bonchev–Trinajstić information content (AvgIpc) is 2.76. The van der Waals surface area contributed by atoms with E-state index < -0.39 is 27.9 Å². The maximum atomic E-state index is 13.6. The summed E-state index contributed by atoms with van der Waals surface area (Å²) in [6.07, 6.45) is 1.32. The lowest BCUT2D eigenvalue weighted by Gasteiger charge is -2.04. The summed E-state index contributed by atoms with van der Waals surface area (Å²) < 4.78 is 27.6. The molecule has 0 bridgehead atoms. The number of nitro groups is 1. The third-order valence-electron chi connectivity index (χ3n) is 2.22. The van der Waals surface area contributed by atoms with Crippen LogP contribution in [0.5, 0.6) is 0 Å². The zero-order valence-corrected chi connectivity index (χ0v) is 9.56. The quantitative estimate of drug-likeness (QED) is 0.491. The van der Waals surface area contributed by atoms with Crippen molar-refractivity contribution in [3.8, 4) is 5.69 Å². The van der Waals surface area contributed by atoms with E-state index in [-0.39, 0.29) is 5.88 Å². The molecule has 0 aliphatic carbocycles. The van der Waals surface area contributed by atoms with Crippen LogP contribution < -0.4 is 0 Å². The summed E-state index contributed by atoms with van der Waals surface area (Å²) in [5, 5.41) is 14.6. The minimum absolute atomic E-state index is 0.0869. The molecular formula is C10H6ClF2N3O2. The Labute approximate surface area is 105 Å². The minimum atomic E-state index is -1.06. The van der Waals surface area contributed by atoms with E-state index in [1.165, 1.54) is 12.3 Å². The summed E-state index contributed by atoms with van der Waals surface area (Å²) in [6.45, 7) is 0. The van der Waals surface area contributed by atoms with E-state index in [1.54, 1.807) is 0 Å². The first-order valence-corrected chi connectivity index (χ1v) is 5.30. The third-order valence-corrected chi connectivity index (χ3v) is 2.49. The predicted molar refractivity (Wildman–Crippen MR) is 59.7 cm³/mol. The van der Waals surface area contributed by atoms with Crippen molar-refractivity contribution in [1.29, 1.82) is 0 Å². The van der Waals surface area contributed by atoms with Gasteiger partial charge in [0.2, 0.25) is 0 Å². The maximum absolute atomic E-state index is 13.6. The molecule has 2 rings (SSSR count). The number of nitro benzene ring substituents is 1. The van der Waals surface area contributed by atoms with Gasteiger partial charge in [-0.2, -0.15) is 5.10 Å². The van der Waals surface area contributed by atoms with Crippen LogP contribution in [0.25, 0.3) is 5.69 Å². The monoisotopic (exact) mass is 273 g/mol. The Morgan fingerprint density at radius 3 is 2.72 bits per heavy atom. The van der Waals surface area contributed by atoms with Gasteiger partial charge in [-0.05, 0) is 6.07 Å². The van der Waals surface area contributed by atoms with Crippen molar-refractivity contribution in [3.63, 3.8) is 0 Å². The number of hydrogen-bond donors (Lipinski definition) is 0. The van der Waals surface area contributed by atoms with Crippen molar-refractivity contribution in [2.75, 3.05) is 0 Å². The Hall–Kier alpha value is -2.02. The second-order valence-corrected chi connectivity index (χ2v) is 3.66. The summed E-state index contributed by atoms with van der Waals surface area (Å²) in [4.78, 5) is 9.91. The van der Waals surface area contributed by atoms with Gasteiger partial charge in [-0.15, -0.1) is 11.6 Å². The predicted octanol–water partition coefficient (Wildman–Crippen LogP) is 2.80. The van der Waals surface area contributed by atoms with E-state index >= 15 is 0 Å².